The lowest BCUT2D eigenvalue weighted by Gasteiger charge is -2.26. The third-order valence-electron chi connectivity index (χ3n) is 3.69. The Kier molecular flexibility index (Phi) is 8.17. The Morgan fingerprint density at radius 1 is 1.22 bits per heavy atom. The third kappa shape index (κ3) is 6.35. The van der Waals surface area contributed by atoms with Gasteiger partial charge in [0, 0.05) is 32.7 Å². The molecular formula is C17H28N2O4. The van der Waals surface area contributed by atoms with Gasteiger partial charge >= 0.3 is 0 Å². The van der Waals surface area contributed by atoms with Crippen molar-refractivity contribution in [3.8, 4) is 11.5 Å². The van der Waals surface area contributed by atoms with Crippen LogP contribution in [0.1, 0.15) is 12.5 Å². The molecule has 0 saturated carbocycles. The Bertz CT molecular complexity index is 450. The summed E-state index contributed by atoms with van der Waals surface area (Å²) in [5, 5.41) is 12.3. The maximum Gasteiger partial charge on any atom is 0.161 e. The SMILES string of the molecule is CCOc1cc(CNCCN2CCOCC2)ccc1OCCO. The maximum atomic E-state index is 8.87. The average molecular weight is 324 g/mol. The Hall–Kier alpha value is -1.34. The van der Waals surface area contributed by atoms with Crippen LogP contribution < -0.4 is 14.8 Å². The van der Waals surface area contributed by atoms with Crippen molar-refractivity contribution in [2.24, 2.45) is 0 Å². The minimum Gasteiger partial charge on any atom is -0.490 e. The van der Waals surface area contributed by atoms with Gasteiger partial charge in [-0.2, -0.15) is 0 Å². The molecule has 2 N–H and O–H groups in total. The fourth-order valence-electron chi connectivity index (χ4n) is 2.50. The average Bonchev–Trinajstić information content (AvgIpc) is 2.59. The molecule has 1 fully saturated rings. The van der Waals surface area contributed by atoms with E-state index >= 15 is 0 Å². The minimum absolute atomic E-state index is 0.00356. The van der Waals surface area contributed by atoms with Crippen LogP contribution in [0.2, 0.25) is 0 Å². The molecule has 1 heterocycles. The lowest BCUT2D eigenvalue weighted by Crippen LogP contribution is -2.40. The van der Waals surface area contributed by atoms with Crippen molar-refractivity contribution in [3.63, 3.8) is 0 Å². The van der Waals surface area contributed by atoms with Gasteiger partial charge in [-0.25, -0.2) is 0 Å². The molecule has 0 aromatic heterocycles. The maximum absolute atomic E-state index is 8.87. The van der Waals surface area contributed by atoms with Crippen molar-refractivity contribution in [1.29, 1.82) is 0 Å². The number of aliphatic hydroxyl groups is 1. The van der Waals surface area contributed by atoms with Crippen molar-refractivity contribution in [2.75, 3.05) is 59.2 Å². The highest BCUT2D eigenvalue weighted by Crippen LogP contribution is 2.28. The van der Waals surface area contributed by atoms with Gasteiger partial charge in [-0.3, -0.25) is 4.90 Å². The fraction of sp³-hybridized carbons (Fsp3) is 0.647. The van der Waals surface area contributed by atoms with Crippen LogP contribution in [0.15, 0.2) is 18.2 Å². The van der Waals surface area contributed by atoms with Crippen molar-refractivity contribution in [3.05, 3.63) is 23.8 Å². The van der Waals surface area contributed by atoms with Crippen LogP contribution in [0.5, 0.6) is 11.5 Å². The van der Waals surface area contributed by atoms with Gasteiger partial charge < -0.3 is 24.6 Å². The Labute approximate surface area is 138 Å². The first-order valence-electron chi connectivity index (χ1n) is 8.33. The number of aliphatic hydroxyl groups excluding tert-OH is 1. The summed E-state index contributed by atoms with van der Waals surface area (Å²) in [6, 6.07) is 5.93. The zero-order valence-corrected chi connectivity index (χ0v) is 13.9. The second kappa shape index (κ2) is 10.4. The lowest BCUT2D eigenvalue weighted by molar-refractivity contribution is 0.0384. The third-order valence-corrected chi connectivity index (χ3v) is 3.69. The van der Waals surface area contributed by atoms with Crippen LogP contribution in [-0.2, 0) is 11.3 Å². The van der Waals surface area contributed by atoms with E-state index in [1.807, 2.05) is 25.1 Å². The topological polar surface area (TPSA) is 63.2 Å². The van der Waals surface area contributed by atoms with Gasteiger partial charge in [0.25, 0.3) is 0 Å². The van der Waals surface area contributed by atoms with Gasteiger partial charge in [0.1, 0.15) is 6.61 Å². The molecule has 0 unspecified atom stereocenters. The molecule has 1 aromatic rings. The number of ether oxygens (including phenoxy) is 3. The summed E-state index contributed by atoms with van der Waals surface area (Å²) in [6.07, 6.45) is 0. The molecule has 0 radical (unpaired) electrons. The summed E-state index contributed by atoms with van der Waals surface area (Å²) in [6.45, 7) is 9.32. The van der Waals surface area contributed by atoms with Gasteiger partial charge in [0.05, 0.1) is 26.4 Å². The van der Waals surface area contributed by atoms with E-state index < -0.39 is 0 Å². The van der Waals surface area contributed by atoms with Crippen LogP contribution >= 0.6 is 0 Å². The van der Waals surface area contributed by atoms with Gasteiger partial charge in [-0.15, -0.1) is 0 Å². The number of hydrogen-bond donors (Lipinski definition) is 2. The Morgan fingerprint density at radius 2 is 2.04 bits per heavy atom. The van der Waals surface area contributed by atoms with Gasteiger partial charge in [-0.05, 0) is 24.6 Å². The second-order valence-electron chi connectivity index (χ2n) is 5.42. The molecular weight excluding hydrogens is 296 g/mol. The van der Waals surface area contributed by atoms with Crippen molar-refractivity contribution < 1.29 is 19.3 Å². The number of hydrogen-bond acceptors (Lipinski definition) is 6. The molecule has 1 saturated heterocycles. The highest BCUT2D eigenvalue weighted by Gasteiger charge is 2.09. The summed E-state index contributed by atoms with van der Waals surface area (Å²) in [7, 11) is 0. The number of rotatable bonds is 10. The van der Waals surface area contributed by atoms with E-state index in [4.69, 9.17) is 19.3 Å². The molecule has 6 nitrogen and oxygen atoms in total. The molecule has 0 aliphatic carbocycles. The standard InChI is InChI=1S/C17H28N2O4/c1-2-22-17-13-15(3-4-16(17)23-12-9-20)14-18-5-6-19-7-10-21-11-8-19/h3-4,13,18,20H,2,5-12,14H2,1H3. The van der Waals surface area contributed by atoms with Gasteiger partial charge in [-0.1, -0.05) is 6.07 Å². The fourth-order valence-corrected chi connectivity index (χ4v) is 2.50. The number of nitrogens with one attached hydrogen (secondary N) is 1. The van der Waals surface area contributed by atoms with Crippen molar-refractivity contribution in [2.45, 2.75) is 13.5 Å². The first kappa shape index (κ1) is 18.0. The van der Waals surface area contributed by atoms with Crippen LogP contribution in [0.3, 0.4) is 0 Å². The predicted octanol–water partition coefficient (Wildman–Crippen LogP) is 0.878. The zero-order chi connectivity index (χ0) is 16.3. The second-order valence-corrected chi connectivity index (χ2v) is 5.42. The van der Waals surface area contributed by atoms with Gasteiger partial charge in [0.2, 0.25) is 0 Å². The molecule has 0 spiro atoms. The van der Waals surface area contributed by atoms with E-state index in [-0.39, 0.29) is 13.2 Å². The van der Waals surface area contributed by atoms with Crippen molar-refractivity contribution >= 4 is 0 Å². The van der Waals surface area contributed by atoms with Crippen LogP contribution in [-0.4, -0.2) is 69.2 Å². The highest BCUT2D eigenvalue weighted by molar-refractivity contribution is 5.43. The van der Waals surface area contributed by atoms with E-state index in [0.717, 1.165) is 57.3 Å². The first-order valence-corrected chi connectivity index (χ1v) is 8.33. The largest absolute Gasteiger partial charge is 0.490 e. The molecule has 130 valence electrons. The molecule has 6 heteroatoms. The van der Waals surface area contributed by atoms with Crippen LogP contribution in [0.25, 0.3) is 0 Å². The van der Waals surface area contributed by atoms with Crippen LogP contribution in [0, 0.1) is 0 Å². The molecule has 23 heavy (non-hydrogen) atoms. The number of benzene rings is 1. The number of nitrogens with zero attached hydrogens (tertiary/aromatic N) is 1. The molecule has 0 bridgehead atoms. The summed E-state index contributed by atoms with van der Waals surface area (Å²) < 4.78 is 16.5. The van der Waals surface area contributed by atoms with Crippen LogP contribution in [0.4, 0.5) is 0 Å². The monoisotopic (exact) mass is 324 g/mol. The van der Waals surface area contributed by atoms with Crippen molar-refractivity contribution in [1.82, 2.24) is 10.2 Å². The predicted molar refractivity (Wildman–Crippen MR) is 89.2 cm³/mol. The van der Waals surface area contributed by atoms with E-state index in [0.29, 0.717) is 12.4 Å². The van der Waals surface area contributed by atoms with E-state index in [1.165, 1.54) is 0 Å². The molecule has 1 aliphatic heterocycles. The van der Waals surface area contributed by atoms with E-state index in [9.17, 15) is 0 Å². The molecule has 1 aliphatic rings. The summed E-state index contributed by atoms with van der Waals surface area (Å²) in [4.78, 5) is 2.41. The van der Waals surface area contributed by atoms with E-state index in [1.54, 1.807) is 0 Å². The highest BCUT2D eigenvalue weighted by atomic mass is 16.5. The molecule has 1 aromatic carbocycles. The summed E-state index contributed by atoms with van der Waals surface area (Å²) >= 11 is 0. The van der Waals surface area contributed by atoms with Gasteiger partial charge in [0.15, 0.2) is 11.5 Å². The lowest BCUT2D eigenvalue weighted by atomic mass is 10.2. The zero-order valence-electron chi connectivity index (χ0n) is 13.9. The smallest absolute Gasteiger partial charge is 0.161 e. The molecule has 0 amide bonds. The Morgan fingerprint density at radius 3 is 2.78 bits per heavy atom. The molecule has 0 atom stereocenters. The first-order chi connectivity index (χ1) is 11.3. The normalized spacial score (nSPS) is 15.6. The quantitative estimate of drug-likeness (QED) is 0.623. The molecule has 2 rings (SSSR count). The number of morpholine rings is 1. The summed E-state index contributed by atoms with van der Waals surface area (Å²) in [5.41, 5.74) is 1.16. The Balaban J connectivity index is 1.78. The van der Waals surface area contributed by atoms with E-state index in [2.05, 4.69) is 10.2 Å². The summed E-state index contributed by atoms with van der Waals surface area (Å²) in [5.74, 6) is 1.41. The minimum atomic E-state index is -0.00356.